The molecule has 1 aromatic heterocycles. The number of amides is 1. The van der Waals surface area contributed by atoms with Gasteiger partial charge < -0.3 is 14.8 Å². The molecule has 3 aromatic rings. The molecule has 0 saturated heterocycles. The maximum absolute atomic E-state index is 13.0. The van der Waals surface area contributed by atoms with Crippen molar-refractivity contribution in [1.29, 1.82) is 0 Å². The number of aromatic nitrogens is 2. The van der Waals surface area contributed by atoms with Gasteiger partial charge in [0.1, 0.15) is 0 Å². The fourth-order valence-electron chi connectivity index (χ4n) is 2.93. The Kier molecular flexibility index (Phi) is 6.00. The van der Waals surface area contributed by atoms with Gasteiger partial charge in [0, 0.05) is 11.8 Å². The average Bonchev–Trinajstić information content (AvgIpc) is 3.10. The second-order valence-corrected chi connectivity index (χ2v) is 6.36. The highest BCUT2D eigenvalue weighted by atomic mass is 19.4. The zero-order valence-electron chi connectivity index (χ0n) is 16.6. The van der Waals surface area contributed by atoms with Crippen molar-refractivity contribution in [2.24, 2.45) is 0 Å². The number of carbonyl (C=O) groups is 1. The molecule has 158 valence electrons. The maximum atomic E-state index is 13.0. The minimum atomic E-state index is -4.47. The summed E-state index contributed by atoms with van der Waals surface area (Å²) in [7, 11) is 1.49. The zero-order valence-corrected chi connectivity index (χ0v) is 16.6. The van der Waals surface area contributed by atoms with Crippen molar-refractivity contribution < 1.29 is 27.4 Å². The van der Waals surface area contributed by atoms with Crippen LogP contribution < -0.4 is 14.8 Å². The fraction of sp³-hybridized carbons (Fsp3) is 0.238. The van der Waals surface area contributed by atoms with E-state index in [-0.39, 0.29) is 11.3 Å². The van der Waals surface area contributed by atoms with Gasteiger partial charge in [0.15, 0.2) is 11.5 Å². The first kappa shape index (κ1) is 21.2. The van der Waals surface area contributed by atoms with E-state index < -0.39 is 17.6 Å². The van der Waals surface area contributed by atoms with Crippen molar-refractivity contribution in [2.45, 2.75) is 20.0 Å². The van der Waals surface area contributed by atoms with E-state index in [4.69, 9.17) is 9.47 Å². The molecule has 0 radical (unpaired) electrons. The fourth-order valence-corrected chi connectivity index (χ4v) is 2.93. The van der Waals surface area contributed by atoms with Gasteiger partial charge in [-0.2, -0.15) is 18.3 Å². The number of nitrogens with one attached hydrogen (secondary N) is 1. The number of carbonyl (C=O) groups excluding carboxylic acids is 1. The molecule has 3 rings (SSSR count). The summed E-state index contributed by atoms with van der Waals surface area (Å²) in [5, 5.41) is 6.82. The summed E-state index contributed by atoms with van der Waals surface area (Å²) in [6.45, 7) is 3.93. The summed E-state index contributed by atoms with van der Waals surface area (Å²) in [6, 6.07) is 9.72. The van der Waals surface area contributed by atoms with E-state index in [1.807, 2.05) is 6.92 Å². The lowest BCUT2D eigenvalue weighted by molar-refractivity contribution is -0.137. The summed E-state index contributed by atoms with van der Waals surface area (Å²) >= 11 is 0. The predicted octanol–water partition coefficient (Wildman–Crippen LogP) is 4.86. The van der Waals surface area contributed by atoms with Crippen LogP contribution in [0.4, 0.5) is 18.9 Å². The van der Waals surface area contributed by atoms with Crippen LogP contribution in [0.1, 0.15) is 28.5 Å². The monoisotopic (exact) mass is 419 g/mol. The molecule has 6 nitrogen and oxygen atoms in total. The smallest absolute Gasteiger partial charge is 0.416 e. The quantitative estimate of drug-likeness (QED) is 0.620. The maximum Gasteiger partial charge on any atom is 0.416 e. The molecule has 0 atom stereocenters. The van der Waals surface area contributed by atoms with Gasteiger partial charge >= 0.3 is 6.18 Å². The third kappa shape index (κ3) is 4.40. The molecule has 0 aliphatic heterocycles. The van der Waals surface area contributed by atoms with Gasteiger partial charge in [-0.25, -0.2) is 4.68 Å². The summed E-state index contributed by atoms with van der Waals surface area (Å²) in [5.41, 5.74) is 0.544. The minimum absolute atomic E-state index is 0.212. The Morgan fingerprint density at radius 1 is 1.17 bits per heavy atom. The molecular weight excluding hydrogens is 399 g/mol. The minimum Gasteiger partial charge on any atom is -0.493 e. The number of halogens is 3. The molecule has 0 bridgehead atoms. The Hall–Kier alpha value is -3.49. The molecule has 1 heterocycles. The summed E-state index contributed by atoms with van der Waals surface area (Å²) in [6.07, 6.45) is -3.15. The van der Waals surface area contributed by atoms with Crippen molar-refractivity contribution in [2.75, 3.05) is 19.0 Å². The normalized spacial score (nSPS) is 11.3. The molecule has 0 fully saturated rings. The lowest BCUT2D eigenvalue weighted by atomic mass is 10.2. The molecule has 30 heavy (non-hydrogen) atoms. The van der Waals surface area contributed by atoms with Crippen molar-refractivity contribution in [3.63, 3.8) is 0 Å². The Morgan fingerprint density at radius 3 is 2.60 bits per heavy atom. The third-order valence-electron chi connectivity index (χ3n) is 4.39. The number of alkyl halides is 3. The van der Waals surface area contributed by atoms with Crippen LogP contribution in [0, 0.1) is 6.92 Å². The third-order valence-corrected chi connectivity index (χ3v) is 4.39. The van der Waals surface area contributed by atoms with E-state index in [1.54, 1.807) is 25.1 Å². The first-order valence-electron chi connectivity index (χ1n) is 9.09. The highest BCUT2D eigenvalue weighted by Gasteiger charge is 2.30. The van der Waals surface area contributed by atoms with Gasteiger partial charge in [-0.1, -0.05) is 6.07 Å². The predicted molar refractivity (Wildman–Crippen MR) is 105 cm³/mol. The van der Waals surface area contributed by atoms with Crippen LogP contribution >= 0.6 is 0 Å². The second-order valence-electron chi connectivity index (χ2n) is 6.36. The van der Waals surface area contributed by atoms with Gasteiger partial charge in [-0.15, -0.1) is 0 Å². The van der Waals surface area contributed by atoms with Gasteiger partial charge in [-0.3, -0.25) is 4.79 Å². The van der Waals surface area contributed by atoms with Gasteiger partial charge in [0.25, 0.3) is 5.91 Å². The van der Waals surface area contributed by atoms with Crippen molar-refractivity contribution in [1.82, 2.24) is 9.78 Å². The summed E-state index contributed by atoms with van der Waals surface area (Å²) in [4.78, 5) is 12.7. The molecule has 2 aromatic carbocycles. The Balaban J connectivity index is 1.85. The van der Waals surface area contributed by atoms with Crippen LogP contribution in [0.25, 0.3) is 5.69 Å². The first-order chi connectivity index (χ1) is 14.2. The van der Waals surface area contributed by atoms with Crippen LogP contribution in [0.2, 0.25) is 0 Å². The number of ether oxygens (including phenoxy) is 2. The molecule has 0 aliphatic carbocycles. The topological polar surface area (TPSA) is 65.4 Å². The largest absolute Gasteiger partial charge is 0.493 e. The number of anilines is 1. The number of rotatable bonds is 6. The van der Waals surface area contributed by atoms with Crippen LogP contribution in [0.5, 0.6) is 11.5 Å². The standard InChI is InChI=1S/C21H20F3N3O3/c1-4-30-18-9-8-15(11-19(18)29-3)26-20(28)17-12-25-27(13(17)2)16-7-5-6-14(10-16)21(22,23)24/h5-12H,4H2,1-3H3,(H,26,28). The van der Waals surface area contributed by atoms with E-state index in [1.165, 1.54) is 30.1 Å². The van der Waals surface area contributed by atoms with Crippen LogP contribution in [-0.4, -0.2) is 29.4 Å². The van der Waals surface area contributed by atoms with E-state index in [0.29, 0.717) is 29.5 Å². The summed E-state index contributed by atoms with van der Waals surface area (Å²) in [5.74, 6) is 0.564. The van der Waals surface area contributed by atoms with Crippen LogP contribution in [0.15, 0.2) is 48.7 Å². The van der Waals surface area contributed by atoms with E-state index in [2.05, 4.69) is 10.4 Å². The Morgan fingerprint density at radius 2 is 1.93 bits per heavy atom. The van der Waals surface area contributed by atoms with Crippen LogP contribution in [0.3, 0.4) is 0 Å². The Labute approximate surface area is 171 Å². The lowest BCUT2D eigenvalue weighted by Gasteiger charge is -2.12. The molecule has 1 amide bonds. The molecule has 9 heteroatoms. The highest BCUT2D eigenvalue weighted by Crippen LogP contribution is 2.32. The number of hydrogen-bond donors (Lipinski definition) is 1. The van der Waals surface area contributed by atoms with E-state index in [9.17, 15) is 18.0 Å². The molecular formula is C21H20F3N3O3. The molecule has 0 saturated carbocycles. The SMILES string of the molecule is CCOc1ccc(NC(=O)c2cnn(-c3cccc(C(F)(F)F)c3)c2C)cc1OC. The molecule has 1 N–H and O–H groups in total. The molecule has 0 unspecified atom stereocenters. The molecule has 0 spiro atoms. The van der Waals surface area contributed by atoms with Crippen molar-refractivity contribution >= 4 is 11.6 Å². The average molecular weight is 419 g/mol. The van der Waals surface area contributed by atoms with E-state index in [0.717, 1.165) is 12.1 Å². The molecule has 0 aliphatic rings. The zero-order chi connectivity index (χ0) is 21.9. The summed E-state index contributed by atoms with van der Waals surface area (Å²) < 4.78 is 51.0. The van der Waals surface area contributed by atoms with Gasteiger partial charge in [0.05, 0.1) is 42.4 Å². The van der Waals surface area contributed by atoms with Crippen LogP contribution in [-0.2, 0) is 6.18 Å². The van der Waals surface area contributed by atoms with Gasteiger partial charge in [0.2, 0.25) is 0 Å². The number of methoxy groups -OCH3 is 1. The number of hydrogen-bond acceptors (Lipinski definition) is 4. The number of nitrogens with zero attached hydrogens (tertiary/aromatic N) is 2. The highest BCUT2D eigenvalue weighted by molar-refractivity contribution is 6.05. The first-order valence-corrected chi connectivity index (χ1v) is 9.09. The van der Waals surface area contributed by atoms with Gasteiger partial charge in [-0.05, 0) is 44.2 Å². The van der Waals surface area contributed by atoms with Crippen molar-refractivity contribution in [3.8, 4) is 17.2 Å². The van der Waals surface area contributed by atoms with Crippen molar-refractivity contribution in [3.05, 3.63) is 65.5 Å². The second kappa shape index (κ2) is 8.48. The Bertz CT molecular complexity index is 1060. The number of benzene rings is 2. The van der Waals surface area contributed by atoms with E-state index >= 15 is 0 Å². The lowest BCUT2D eigenvalue weighted by Crippen LogP contribution is -2.13.